The highest BCUT2D eigenvalue weighted by Crippen LogP contribution is 2.31. The molecule has 4 N–H and O–H groups in total. The summed E-state index contributed by atoms with van der Waals surface area (Å²) in [5, 5.41) is 11.8. The average molecular weight is 338 g/mol. The van der Waals surface area contributed by atoms with E-state index in [0.717, 1.165) is 5.56 Å². The molecule has 0 bridgehead atoms. The molecule has 7 heteroatoms. The Labute approximate surface area is 142 Å². The summed E-state index contributed by atoms with van der Waals surface area (Å²) in [6.07, 6.45) is -0.915. The third kappa shape index (κ3) is 5.98. The lowest BCUT2D eigenvalue weighted by molar-refractivity contribution is -0.137. The van der Waals surface area contributed by atoms with Crippen LogP contribution in [-0.4, -0.2) is 35.9 Å². The van der Waals surface area contributed by atoms with Crippen molar-refractivity contribution in [3.63, 3.8) is 0 Å². The minimum atomic E-state index is -1.02. The predicted molar refractivity (Wildman–Crippen MR) is 91.2 cm³/mol. The van der Waals surface area contributed by atoms with Crippen molar-refractivity contribution in [2.24, 2.45) is 0 Å². The molecule has 0 saturated heterocycles. The lowest BCUT2D eigenvalue weighted by atomic mass is 9.90. The van der Waals surface area contributed by atoms with E-state index in [2.05, 4.69) is 5.32 Å². The largest absolute Gasteiger partial charge is 0.496 e. The molecule has 1 aromatic rings. The predicted octanol–water partition coefficient (Wildman–Crippen LogP) is 2.75. The van der Waals surface area contributed by atoms with Crippen LogP contribution in [0.3, 0.4) is 0 Å². The molecule has 0 aromatic heterocycles. The molecule has 1 unspecified atom stereocenters. The Morgan fingerprint density at radius 2 is 1.96 bits per heavy atom. The summed E-state index contributed by atoms with van der Waals surface area (Å²) in [6, 6.07) is 4.46. The average Bonchev–Trinajstić information content (AvgIpc) is 2.43. The molecular weight excluding hydrogens is 312 g/mol. The molecule has 134 valence electrons. The van der Waals surface area contributed by atoms with Crippen LogP contribution in [0, 0.1) is 0 Å². The standard InChI is InChI=1S/C17H26N2O5/c1-10(12-8-11(18)6-7-14(12)23-5)13(9-15(20)21)19-16(22)24-17(2,3)4/h6-8,10,13H,9,18H2,1-5H3,(H,19,22)(H,20,21)/t10?,13-/m0/s1. The van der Waals surface area contributed by atoms with Crippen molar-refractivity contribution in [1.29, 1.82) is 0 Å². The third-order valence-corrected chi connectivity index (χ3v) is 3.44. The quantitative estimate of drug-likeness (QED) is 0.688. The van der Waals surface area contributed by atoms with E-state index in [1.807, 2.05) is 6.92 Å². The minimum Gasteiger partial charge on any atom is -0.496 e. The number of alkyl carbamates (subject to hydrolysis) is 1. The van der Waals surface area contributed by atoms with E-state index in [1.165, 1.54) is 7.11 Å². The second-order valence-electron chi connectivity index (χ2n) is 6.64. The number of amides is 1. The molecular formula is C17H26N2O5. The summed E-state index contributed by atoms with van der Waals surface area (Å²) in [4.78, 5) is 23.2. The molecule has 0 aliphatic heterocycles. The second kappa shape index (κ2) is 7.90. The number of methoxy groups -OCH3 is 1. The molecule has 1 aromatic carbocycles. The summed E-state index contributed by atoms with van der Waals surface area (Å²) in [5.74, 6) is -0.782. The Morgan fingerprint density at radius 3 is 2.46 bits per heavy atom. The fraction of sp³-hybridized carbons (Fsp3) is 0.529. The molecule has 0 heterocycles. The van der Waals surface area contributed by atoms with Gasteiger partial charge in [0.2, 0.25) is 0 Å². The first-order chi connectivity index (χ1) is 11.0. The Morgan fingerprint density at radius 1 is 1.33 bits per heavy atom. The number of hydrogen-bond donors (Lipinski definition) is 3. The topological polar surface area (TPSA) is 111 Å². The molecule has 7 nitrogen and oxygen atoms in total. The molecule has 0 aliphatic rings. The number of anilines is 1. The molecule has 0 aliphatic carbocycles. The van der Waals surface area contributed by atoms with Crippen LogP contribution in [0.4, 0.5) is 10.5 Å². The zero-order valence-corrected chi connectivity index (χ0v) is 14.8. The van der Waals surface area contributed by atoms with E-state index < -0.39 is 23.7 Å². The van der Waals surface area contributed by atoms with Gasteiger partial charge in [0, 0.05) is 23.2 Å². The number of carboxylic acids is 1. The number of aliphatic carboxylic acids is 1. The van der Waals surface area contributed by atoms with Gasteiger partial charge in [0.15, 0.2) is 0 Å². The van der Waals surface area contributed by atoms with Gasteiger partial charge in [0.1, 0.15) is 11.4 Å². The monoisotopic (exact) mass is 338 g/mol. The summed E-state index contributed by atoms with van der Waals surface area (Å²) < 4.78 is 10.5. The molecule has 0 spiro atoms. The molecule has 0 radical (unpaired) electrons. The number of benzene rings is 1. The van der Waals surface area contributed by atoms with Gasteiger partial charge in [-0.3, -0.25) is 4.79 Å². The Hall–Kier alpha value is -2.44. The smallest absolute Gasteiger partial charge is 0.407 e. The van der Waals surface area contributed by atoms with Gasteiger partial charge in [-0.1, -0.05) is 6.92 Å². The molecule has 1 amide bonds. The first kappa shape index (κ1) is 19.6. The highest BCUT2D eigenvalue weighted by atomic mass is 16.6. The van der Waals surface area contributed by atoms with Crippen LogP contribution < -0.4 is 15.8 Å². The maximum absolute atomic E-state index is 12.0. The van der Waals surface area contributed by atoms with E-state index in [1.54, 1.807) is 39.0 Å². The number of carboxylic acid groups (broad SMARTS) is 1. The van der Waals surface area contributed by atoms with Gasteiger partial charge in [0.05, 0.1) is 13.5 Å². The van der Waals surface area contributed by atoms with Crippen LogP contribution in [0.15, 0.2) is 18.2 Å². The first-order valence-electron chi connectivity index (χ1n) is 7.68. The Kier molecular flexibility index (Phi) is 6.45. The van der Waals surface area contributed by atoms with Crippen molar-refractivity contribution in [2.45, 2.75) is 51.7 Å². The fourth-order valence-corrected chi connectivity index (χ4v) is 2.33. The highest BCUT2D eigenvalue weighted by molar-refractivity contribution is 5.72. The molecule has 1 rings (SSSR count). The van der Waals surface area contributed by atoms with Gasteiger partial charge in [-0.2, -0.15) is 0 Å². The van der Waals surface area contributed by atoms with Crippen molar-refractivity contribution < 1.29 is 24.2 Å². The summed E-state index contributed by atoms with van der Waals surface area (Å²) in [7, 11) is 1.52. The van der Waals surface area contributed by atoms with Gasteiger partial charge in [-0.15, -0.1) is 0 Å². The number of nitrogen functional groups attached to an aromatic ring is 1. The second-order valence-corrected chi connectivity index (χ2v) is 6.64. The molecule has 2 atom stereocenters. The Bertz CT molecular complexity index is 595. The van der Waals surface area contributed by atoms with Gasteiger partial charge in [0.25, 0.3) is 0 Å². The number of carbonyl (C=O) groups excluding carboxylic acids is 1. The maximum atomic E-state index is 12.0. The van der Waals surface area contributed by atoms with Crippen molar-refractivity contribution in [1.82, 2.24) is 5.32 Å². The van der Waals surface area contributed by atoms with Crippen molar-refractivity contribution >= 4 is 17.7 Å². The molecule has 0 fully saturated rings. The zero-order chi connectivity index (χ0) is 18.5. The van der Waals surface area contributed by atoms with E-state index in [0.29, 0.717) is 11.4 Å². The van der Waals surface area contributed by atoms with E-state index in [-0.39, 0.29) is 12.3 Å². The van der Waals surface area contributed by atoms with Crippen molar-refractivity contribution in [2.75, 3.05) is 12.8 Å². The summed E-state index contributed by atoms with van der Waals surface area (Å²) in [5.41, 5.74) is 6.40. The number of hydrogen-bond acceptors (Lipinski definition) is 5. The van der Waals surface area contributed by atoms with Crippen LogP contribution >= 0.6 is 0 Å². The van der Waals surface area contributed by atoms with Crippen LogP contribution in [0.5, 0.6) is 5.75 Å². The van der Waals surface area contributed by atoms with Crippen LogP contribution in [0.1, 0.15) is 45.6 Å². The van der Waals surface area contributed by atoms with E-state index >= 15 is 0 Å². The maximum Gasteiger partial charge on any atom is 0.407 e. The number of nitrogens with one attached hydrogen (secondary N) is 1. The molecule has 0 saturated carbocycles. The van der Waals surface area contributed by atoms with Crippen molar-refractivity contribution in [3.05, 3.63) is 23.8 Å². The van der Waals surface area contributed by atoms with Gasteiger partial charge >= 0.3 is 12.1 Å². The zero-order valence-electron chi connectivity index (χ0n) is 14.8. The van der Waals surface area contributed by atoms with Gasteiger partial charge in [-0.25, -0.2) is 4.79 Å². The lowest BCUT2D eigenvalue weighted by Crippen LogP contribution is -2.42. The number of carbonyl (C=O) groups is 2. The minimum absolute atomic E-state index is 0.252. The fourth-order valence-electron chi connectivity index (χ4n) is 2.33. The van der Waals surface area contributed by atoms with Gasteiger partial charge in [-0.05, 0) is 39.0 Å². The third-order valence-electron chi connectivity index (χ3n) is 3.44. The van der Waals surface area contributed by atoms with Crippen LogP contribution in [0.2, 0.25) is 0 Å². The first-order valence-corrected chi connectivity index (χ1v) is 7.68. The Balaban J connectivity index is 3.05. The number of nitrogens with two attached hydrogens (primary N) is 1. The molecule has 24 heavy (non-hydrogen) atoms. The van der Waals surface area contributed by atoms with Crippen molar-refractivity contribution in [3.8, 4) is 5.75 Å². The summed E-state index contributed by atoms with van der Waals surface area (Å²) >= 11 is 0. The van der Waals surface area contributed by atoms with E-state index in [9.17, 15) is 9.59 Å². The SMILES string of the molecule is COc1ccc(N)cc1C(C)[C@H](CC(=O)O)NC(=O)OC(C)(C)C. The highest BCUT2D eigenvalue weighted by Gasteiger charge is 2.28. The summed E-state index contributed by atoms with van der Waals surface area (Å²) in [6.45, 7) is 7.03. The lowest BCUT2D eigenvalue weighted by Gasteiger charge is -2.27. The van der Waals surface area contributed by atoms with E-state index in [4.69, 9.17) is 20.3 Å². The van der Waals surface area contributed by atoms with Gasteiger partial charge < -0.3 is 25.6 Å². The van der Waals surface area contributed by atoms with Crippen LogP contribution in [-0.2, 0) is 9.53 Å². The normalized spacial score (nSPS) is 13.7. The van der Waals surface area contributed by atoms with Crippen LogP contribution in [0.25, 0.3) is 0 Å². The number of ether oxygens (including phenoxy) is 2. The number of rotatable bonds is 6.